The minimum atomic E-state index is -1.27. The van der Waals surface area contributed by atoms with Gasteiger partial charge in [0, 0.05) is 37.8 Å². The molecule has 0 radical (unpaired) electrons. The zero-order valence-corrected chi connectivity index (χ0v) is 14.8. The number of aliphatic hydroxyl groups excluding tert-OH is 1. The molecule has 0 spiro atoms. The Hall–Kier alpha value is -2.87. The summed E-state index contributed by atoms with van der Waals surface area (Å²) in [7, 11) is 1.53. The molecule has 2 amide bonds. The third-order valence-corrected chi connectivity index (χ3v) is 4.46. The van der Waals surface area contributed by atoms with Crippen molar-refractivity contribution in [3.8, 4) is 5.75 Å². The Morgan fingerprint density at radius 1 is 1.42 bits per heavy atom. The van der Waals surface area contributed by atoms with Crippen LogP contribution in [0.4, 0.5) is 0 Å². The van der Waals surface area contributed by atoms with Crippen LogP contribution in [0, 0.1) is 6.92 Å². The van der Waals surface area contributed by atoms with Gasteiger partial charge < -0.3 is 20.1 Å². The highest BCUT2D eigenvalue weighted by atomic mass is 16.5. The van der Waals surface area contributed by atoms with Crippen LogP contribution in [0.1, 0.15) is 27.3 Å². The first-order valence-electron chi connectivity index (χ1n) is 8.44. The summed E-state index contributed by atoms with van der Waals surface area (Å²) in [6.07, 6.45) is -0.720. The maximum absolute atomic E-state index is 12.6. The average Bonchev–Trinajstić information content (AvgIpc) is 3.09. The fourth-order valence-electron chi connectivity index (χ4n) is 2.96. The number of aromatic nitrogens is 2. The second-order valence-corrected chi connectivity index (χ2v) is 6.21. The second kappa shape index (κ2) is 7.57. The van der Waals surface area contributed by atoms with Gasteiger partial charge in [0.15, 0.2) is 11.8 Å². The topological polar surface area (TPSA) is 108 Å². The Morgan fingerprint density at radius 3 is 2.92 bits per heavy atom. The van der Waals surface area contributed by atoms with E-state index in [-0.39, 0.29) is 24.8 Å². The number of nitrogens with zero attached hydrogens (tertiary/aromatic N) is 2. The van der Waals surface area contributed by atoms with Crippen molar-refractivity contribution in [2.45, 2.75) is 26.0 Å². The van der Waals surface area contributed by atoms with Gasteiger partial charge in [0.25, 0.3) is 11.8 Å². The van der Waals surface area contributed by atoms with Crippen LogP contribution in [0.3, 0.4) is 0 Å². The summed E-state index contributed by atoms with van der Waals surface area (Å²) in [4.78, 5) is 26.0. The molecule has 1 aliphatic rings. The summed E-state index contributed by atoms with van der Waals surface area (Å²) in [6.45, 7) is 2.45. The Kier molecular flexibility index (Phi) is 5.22. The molecule has 1 atom stereocenters. The maximum atomic E-state index is 12.6. The van der Waals surface area contributed by atoms with Crippen LogP contribution in [0.25, 0.3) is 0 Å². The van der Waals surface area contributed by atoms with Gasteiger partial charge in [0.2, 0.25) is 0 Å². The number of ether oxygens (including phenoxy) is 1. The average molecular weight is 358 g/mol. The largest absolute Gasteiger partial charge is 0.490 e. The minimum absolute atomic E-state index is 0.124. The van der Waals surface area contributed by atoms with Gasteiger partial charge in [-0.1, -0.05) is 18.2 Å². The number of carbonyl (C=O) groups is 2. The number of para-hydroxylation sites is 1. The molecule has 2 heterocycles. The molecule has 0 aliphatic carbocycles. The van der Waals surface area contributed by atoms with Crippen molar-refractivity contribution in [1.29, 1.82) is 0 Å². The van der Waals surface area contributed by atoms with Crippen molar-refractivity contribution < 1.29 is 19.4 Å². The van der Waals surface area contributed by atoms with Gasteiger partial charge in [-0.2, -0.15) is 5.10 Å². The van der Waals surface area contributed by atoms with Crippen LogP contribution in [0.2, 0.25) is 0 Å². The first-order chi connectivity index (χ1) is 12.5. The van der Waals surface area contributed by atoms with Gasteiger partial charge in [-0.05, 0) is 18.6 Å². The van der Waals surface area contributed by atoms with Crippen molar-refractivity contribution in [3.63, 3.8) is 0 Å². The monoisotopic (exact) mass is 358 g/mol. The van der Waals surface area contributed by atoms with E-state index < -0.39 is 12.0 Å². The molecular weight excluding hydrogens is 336 g/mol. The Bertz CT molecular complexity index is 817. The van der Waals surface area contributed by atoms with Gasteiger partial charge in [0.1, 0.15) is 12.4 Å². The van der Waals surface area contributed by atoms with E-state index in [0.717, 1.165) is 11.3 Å². The molecule has 3 N–H and O–H groups in total. The van der Waals surface area contributed by atoms with Crippen LogP contribution in [0.5, 0.6) is 5.75 Å². The zero-order chi connectivity index (χ0) is 18.7. The first-order valence-corrected chi connectivity index (χ1v) is 8.44. The molecule has 3 rings (SSSR count). The number of hydrogen-bond donors (Lipinski definition) is 3. The second-order valence-electron chi connectivity index (χ2n) is 6.21. The van der Waals surface area contributed by atoms with Crippen LogP contribution >= 0.6 is 0 Å². The lowest BCUT2D eigenvalue weighted by molar-refractivity contribution is -0.142. The molecule has 1 unspecified atom stereocenters. The third kappa shape index (κ3) is 3.55. The smallest absolute Gasteiger partial charge is 0.271 e. The number of amides is 2. The van der Waals surface area contributed by atoms with E-state index in [9.17, 15) is 14.7 Å². The molecule has 0 fully saturated rings. The first kappa shape index (κ1) is 17.9. The highest BCUT2D eigenvalue weighted by Gasteiger charge is 2.30. The molecule has 1 aromatic carbocycles. The lowest BCUT2D eigenvalue weighted by Crippen LogP contribution is -2.44. The van der Waals surface area contributed by atoms with E-state index in [1.54, 1.807) is 6.07 Å². The molecule has 0 saturated carbocycles. The van der Waals surface area contributed by atoms with Gasteiger partial charge >= 0.3 is 0 Å². The van der Waals surface area contributed by atoms with Crippen molar-refractivity contribution in [1.82, 2.24) is 20.4 Å². The van der Waals surface area contributed by atoms with Crippen LogP contribution in [0.15, 0.2) is 24.3 Å². The molecule has 8 heteroatoms. The molecule has 8 nitrogen and oxygen atoms in total. The fourth-order valence-corrected chi connectivity index (χ4v) is 2.96. The summed E-state index contributed by atoms with van der Waals surface area (Å²) in [6, 6.07) is 7.42. The van der Waals surface area contributed by atoms with E-state index in [4.69, 9.17) is 4.74 Å². The molecular formula is C18H22N4O4. The highest BCUT2D eigenvalue weighted by molar-refractivity contribution is 5.94. The Morgan fingerprint density at radius 2 is 2.19 bits per heavy atom. The van der Waals surface area contributed by atoms with Gasteiger partial charge in [-0.25, -0.2) is 0 Å². The number of H-pyrrole nitrogens is 1. The van der Waals surface area contributed by atoms with E-state index in [1.165, 1.54) is 11.9 Å². The molecule has 0 saturated heterocycles. The van der Waals surface area contributed by atoms with Crippen LogP contribution in [-0.4, -0.2) is 58.3 Å². The Balaban J connectivity index is 1.64. The number of aliphatic hydroxyl groups is 1. The third-order valence-electron chi connectivity index (χ3n) is 4.46. The maximum Gasteiger partial charge on any atom is 0.271 e. The lowest BCUT2D eigenvalue weighted by atomic mass is 10.0. The molecule has 138 valence electrons. The molecule has 0 bridgehead atoms. The fraction of sp³-hybridized carbons (Fsp3) is 0.389. The summed E-state index contributed by atoms with van der Waals surface area (Å²) in [5.74, 6) is -0.0921. The normalized spacial score (nSPS) is 14.5. The summed E-state index contributed by atoms with van der Waals surface area (Å²) in [5, 5.41) is 19.6. The molecule has 1 aromatic heterocycles. The zero-order valence-electron chi connectivity index (χ0n) is 14.8. The van der Waals surface area contributed by atoms with Crippen molar-refractivity contribution in [3.05, 3.63) is 46.8 Å². The standard InChI is InChI=1S/C18H22N4O4/c1-11-5-3-4-6-15(11)26-10-14(23)18(25)22-8-7-13-12(9-22)16(21-20-13)17(24)19-2/h3-6,14,23H,7-10H2,1-2H3,(H,19,24)(H,20,21). The van der Waals surface area contributed by atoms with E-state index in [1.807, 2.05) is 25.1 Å². The van der Waals surface area contributed by atoms with Crippen molar-refractivity contribution in [2.75, 3.05) is 20.2 Å². The van der Waals surface area contributed by atoms with E-state index in [2.05, 4.69) is 15.5 Å². The van der Waals surface area contributed by atoms with Gasteiger partial charge in [-0.3, -0.25) is 14.7 Å². The number of aryl methyl sites for hydroxylation is 1. The van der Waals surface area contributed by atoms with Crippen LogP contribution < -0.4 is 10.1 Å². The molecule has 26 heavy (non-hydrogen) atoms. The molecule has 1 aliphatic heterocycles. The van der Waals surface area contributed by atoms with E-state index >= 15 is 0 Å². The number of rotatable bonds is 5. The summed E-state index contributed by atoms with van der Waals surface area (Å²) in [5.41, 5.74) is 2.75. The highest BCUT2D eigenvalue weighted by Crippen LogP contribution is 2.21. The van der Waals surface area contributed by atoms with Gasteiger partial charge in [-0.15, -0.1) is 0 Å². The number of carbonyl (C=O) groups excluding carboxylic acids is 2. The van der Waals surface area contributed by atoms with Crippen LogP contribution in [-0.2, 0) is 17.8 Å². The number of aromatic amines is 1. The predicted octanol–water partition coefficient (Wildman–Crippen LogP) is 0.402. The van der Waals surface area contributed by atoms with Crippen molar-refractivity contribution in [2.24, 2.45) is 0 Å². The molecule has 2 aromatic rings. The summed E-state index contributed by atoms with van der Waals surface area (Å²) < 4.78 is 5.56. The van der Waals surface area contributed by atoms with E-state index in [0.29, 0.717) is 24.3 Å². The lowest BCUT2D eigenvalue weighted by Gasteiger charge is -2.29. The number of fused-ring (bicyclic) bond motifs is 1. The van der Waals surface area contributed by atoms with Crippen molar-refractivity contribution >= 4 is 11.8 Å². The summed E-state index contributed by atoms with van der Waals surface area (Å²) >= 11 is 0. The number of nitrogens with one attached hydrogen (secondary N) is 2. The predicted molar refractivity (Wildman–Crippen MR) is 93.8 cm³/mol. The Labute approximate surface area is 151 Å². The number of hydrogen-bond acceptors (Lipinski definition) is 5. The quantitative estimate of drug-likeness (QED) is 0.717. The van der Waals surface area contributed by atoms with Gasteiger partial charge in [0.05, 0.1) is 0 Å². The number of benzene rings is 1. The minimum Gasteiger partial charge on any atom is -0.490 e. The SMILES string of the molecule is CNC(=O)c1n[nH]c2c1CN(C(=O)C(O)COc1ccccc1C)CC2.